The molecule has 1 aliphatic heterocycles. The highest BCUT2D eigenvalue weighted by atomic mass is 32.1. The van der Waals surface area contributed by atoms with Crippen LogP contribution < -0.4 is 10.2 Å². The van der Waals surface area contributed by atoms with Crippen LogP contribution in [-0.2, 0) is 24.3 Å². The van der Waals surface area contributed by atoms with Gasteiger partial charge >= 0.3 is 0 Å². The van der Waals surface area contributed by atoms with Crippen molar-refractivity contribution in [1.82, 2.24) is 10.2 Å². The number of furan rings is 1. The van der Waals surface area contributed by atoms with E-state index in [1.54, 1.807) is 59.9 Å². The van der Waals surface area contributed by atoms with E-state index in [-0.39, 0.29) is 11.8 Å². The Morgan fingerprint density at radius 2 is 2.07 bits per heavy atom. The highest BCUT2D eigenvalue weighted by molar-refractivity contribution is 7.10. The quantitative estimate of drug-likeness (QED) is 0.679. The molecule has 1 aliphatic rings. The lowest BCUT2D eigenvalue weighted by Crippen LogP contribution is -2.41. The number of rotatable bonds is 6. The van der Waals surface area contributed by atoms with Crippen molar-refractivity contribution in [3.63, 3.8) is 0 Å². The number of para-hydroxylation sites is 1. The molecule has 2 amide bonds. The van der Waals surface area contributed by atoms with E-state index >= 15 is 0 Å². The van der Waals surface area contributed by atoms with Crippen LogP contribution >= 0.6 is 11.3 Å². The van der Waals surface area contributed by atoms with Crippen LogP contribution in [0, 0.1) is 0 Å². The third kappa shape index (κ3) is 4.41. The largest absolute Gasteiger partial charge is 0.467 e. The maximum atomic E-state index is 12.9. The third-order valence-corrected chi connectivity index (χ3v) is 6.16. The number of nitrogens with zero attached hydrogens (tertiary/aromatic N) is 2. The van der Waals surface area contributed by atoms with Crippen LogP contribution in [0.1, 0.15) is 26.6 Å². The summed E-state index contributed by atoms with van der Waals surface area (Å²) >= 11 is 1.79. The van der Waals surface area contributed by atoms with E-state index < -0.39 is 0 Å². The summed E-state index contributed by atoms with van der Waals surface area (Å²) in [5, 5.41) is 4.96. The van der Waals surface area contributed by atoms with E-state index in [9.17, 15) is 9.59 Å². The summed E-state index contributed by atoms with van der Waals surface area (Å²) in [5.41, 5.74) is 2.38. The lowest BCUT2D eigenvalue weighted by Gasteiger charge is -2.28. The Morgan fingerprint density at radius 1 is 1.21 bits per heavy atom. The molecular weight excluding hydrogens is 386 g/mol. The van der Waals surface area contributed by atoms with Gasteiger partial charge in [0.1, 0.15) is 5.76 Å². The molecule has 4 rings (SSSR count). The summed E-state index contributed by atoms with van der Waals surface area (Å²) in [6.07, 6.45) is 2.55. The summed E-state index contributed by atoms with van der Waals surface area (Å²) < 4.78 is 5.26. The predicted molar refractivity (Wildman–Crippen MR) is 113 cm³/mol. The molecule has 0 saturated heterocycles. The van der Waals surface area contributed by atoms with Crippen molar-refractivity contribution >= 4 is 28.8 Å². The van der Waals surface area contributed by atoms with Gasteiger partial charge in [0, 0.05) is 25.0 Å². The molecule has 150 valence electrons. The predicted octanol–water partition coefficient (Wildman–Crippen LogP) is 3.29. The molecule has 3 heterocycles. The second-order valence-corrected chi connectivity index (χ2v) is 8.06. The van der Waals surface area contributed by atoms with E-state index in [0.29, 0.717) is 30.1 Å². The molecule has 2 aromatic heterocycles. The molecule has 1 N–H and O–H groups in total. The zero-order valence-corrected chi connectivity index (χ0v) is 17.1. The maximum absolute atomic E-state index is 12.9. The fourth-order valence-electron chi connectivity index (χ4n) is 3.51. The monoisotopic (exact) mass is 409 g/mol. The van der Waals surface area contributed by atoms with Crippen molar-refractivity contribution in [3.05, 3.63) is 75.9 Å². The van der Waals surface area contributed by atoms with Gasteiger partial charge in [0.15, 0.2) is 0 Å². The van der Waals surface area contributed by atoms with Crippen molar-refractivity contribution < 1.29 is 14.0 Å². The SMILES string of the molecule is CN(C(=O)CN1CCc2sccc2C1)c1ccccc1C(=O)NCc1ccco1. The van der Waals surface area contributed by atoms with Gasteiger partial charge in [0.05, 0.1) is 30.6 Å². The highest BCUT2D eigenvalue weighted by Crippen LogP contribution is 2.25. The normalized spacial score (nSPS) is 13.7. The van der Waals surface area contributed by atoms with Crippen LogP contribution in [0.25, 0.3) is 0 Å². The number of carbonyl (C=O) groups excluding carboxylic acids is 2. The molecular formula is C22H23N3O3S. The standard InChI is InChI=1S/C22H23N3O3S/c1-24(21(26)15-25-10-8-20-16(14-25)9-12-29-20)19-7-3-2-6-18(19)22(27)23-13-17-5-4-11-28-17/h2-7,9,11-12H,8,10,13-15H2,1H3,(H,23,27). The lowest BCUT2D eigenvalue weighted by atomic mass is 10.1. The Morgan fingerprint density at radius 3 is 2.90 bits per heavy atom. The number of fused-ring (bicyclic) bond motifs is 1. The molecule has 6 nitrogen and oxygen atoms in total. The second kappa shape index (κ2) is 8.63. The fourth-order valence-corrected chi connectivity index (χ4v) is 4.40. The molecule has 0 atom stereocenters. The topological polar surface area (TPSA) is 65.8 Å². The van der Waals surface area contributed by atoms with Crippen LogP contribution in [0.4, 0.5) is 5.69 Å². The van der Waals surface area contributed by atoms with Gasteiger partial charge in [-0.1, -0.05) is 12.1 Å². The van der Waals surface area contributed by atoms with Crippen molar-refractivity contribution in [3.8, 4) is 0 Å². The number of hydrogen-bond acceptors (Lipinski definition) is 5. The minimum Gasteiger partial charge on any atom is -0.467 e. The first-order valence-electron chi connectivity index (χ1n) is 9.55. The van der Waals surface area contributed by atoms with E-state index in [1.807, 2.05) is 6.07 Å². The average molecular weight is 410 g/mol. The third-order valence-electron chi connectivity index (χ3n) is 5.13. The molecule has 0 bridgehead atoms. The Bertz CT molecular complexity index is 996. The van der Waals surface area contributed by atoms with Crippen molar-refractivity contribution in [1.29, 1.82) is 0 Å². The molecule has 29 heavy (non-hydrogen) atoms. The number of benzene rings is 1. The zero-order valence-electron chi connectivity index (χ0n) is 16.3. The molecule has 3 aromatic rings. The van der Waals surface area contributed by atoms with Crippen LogP contribution in [0.5, 0.6) is 0 Å². The van der Waals surface area contributed by atoms with Gasteiger partial charge in [-0.3, -0.25) is 14.5 Å². The fraction of sp³-hybridized carbons (Fsp3) is 0.273. The first-order chi connectivity index (χ1) is 14.1. The van der Waals surface area contributed by atoms with Gasteiger partial charge in [-0.15, -0.1) is 11.3 Å². The number of anilines is 1. The molecule has 1 aromatic carbocycles. The molecule has 0 spiro atoms. The van der Waals surface area contributed by atoms with Crippen molar-refractivity contribution in [2.45, 2.75) is 19.5 Å². The lowest BCUT2D eigenvalue weighted by molar-refractivity contribution is -0.119. The van der Waals surface area contributed by atoms with Gasteiger partial charge in [-0.2, -0.15) is 0 Å². The summed E-state index contributed by atoms with van der Waals surface area (Å²) in [4.78, 5) is 30.8. The highest BCUT2D eigenvalue weighted by Gasteiger charge is 2.23. The minimum atomic E-state index is -0.238. The Kier molecular flexibility index (Phi) is 5.78. The first kappa shape index (κ1) is 19.4. The van der Waals surface area contributed by atoms with Crippen molar-refractivity contribution in [2.75, 3.05) is 25.0 Å². The van der Waals surface area contributed by atoms with Gasteiger partial charge in [-0.25, -0.2) is 0 Å². The number of likely N-dealkylation sites (N-methyl/N-ethyl adjacent to an activating group) is 1. The molecule has 0 radical (unpaired) electrons. The molecule has 0 unspecified atom stereocenters. The second-order valence-electron chi connectivity index (χ2n) is 7.06. The van der Waals surface area contributed by atoms with Gasteiger partial charge < -0.3 is 14.6 Å². The van der Waals surface area contributed by atoms with Crippen LogP contribution in [0.2, 0.25) is 0 Å². The number of thiophene rings is 1. The van der Waals surface area contributed by atoms with E-state index in [2.05, 4.69) is 21.7 Å². The first-order valence-corrected chi connectivity index (χ1v) is 10.4. The Balaban J connectivity index is 1.42. The van der Waals surface area contributed by atoms with E-state index in [4.69, 9.17) is 4.42 Å². The number of nitrogens with one attached hydrogen (secondary N) is 1. The Labute approximate surface area is 173 Å². The minimum absolute atomic E-state index is 0.0324. The van der Waals surface area contributed by atoms with Crippen LogP contribution in [0.3, 0.4) is 0 Å². The summed E-state index contributed by atoms with van der Waals surface area (Å²) in [5.74, 6) is 0.408. The summed E-state index contributed by atoms with van der Waals surface area (Å²) in [6.45, 7) is 2.30. The van der Waals surface area contributed by atoms with Gasteiger partial charge in [0.2, 0.25) is 5.91 Å². The van der Waals surface area contributed by atoms with Gasteiger partial charge in [0.25, 0.3) is 5.91 Å². The molecule has 0 saturated carbocycles. The van der Waals surface area contributed by atoms with E-state index in [0.717, 1.165) is 19.5 Å². The average Bonchev–Trinajstić information content (AvgIpc) is 3.43. The summed E-state index contributed by atoms with van der Waals surface area (Å²) in [7, 11) is 1.72. The Hall–Kier alpha value is -2.90. The maximum Gasteiger partial charge on any atom is 0.253 e. The van der Waals surface area contributed by atoms with Crippen LogP contribution in [0.15, 0.2) is 58.5 Å². The van der Waals surface area contributed by atoms with Crippen molar-refractivity contribution in [2.24, 2.45) is 0 Å². The van der Waals surface area contributed by atoms with Gasteiger partial charge in [-0.05, 0) is 47.7 Å². The molecule has 0 fully saturated rings. The molecule has 7 heteroatoms. The number of amides is 2. The summed E-state index contributed by atoms with van der Waals surface area (Å²) in [6, 6.07) is 12.9. The van der Waals surface area contributed by atoms with E-state index in [1.165, 1.54) is 10.4 Å². The van der Waals surface area contributed by atoms with Crippen LogP contribution in [-0.4, -0.2) is 36.9 Å². The number of hydrogen-bond donors (Lipinski definition) is 1. The molecule has 0 aliphatic carbocycles. The number of carbonyl (C=O) groups is 2. The smallest absolute Gasteiger partial charge is 0.253 e. The zero-order chi connectivity index (χ0) is 20.2.